The summed E-state index contributed by atoms with van der Waals surface area (Å²) >= 11 is 5.99. The van der Waals surface area contributed by atoms with Crippen molar-refractivity contribution in [3.8, 4) is 11.3 Å². The largest absolute Gasteiger partial charge is 0.447 e. The summed E-state index contributed by atoms with van der Waals surface area (Å²) in [6.45, 7) is 2.30. The van der Waals surface area contributed by atoms with E-state index in [-0.39, 0.29) is 48.5 Å². The molecule has 1 atom stereocenters. The topological polar surface area (TPSA) is 129 Å². The number of amides is 4. The monoisotopic (exact) mass is 604 g/mol. The third kappa shape index (κ3) is 8.40. The van der Waals surface area contributed by atoms with E-state index in [9.17, 15) is 23.2 Å². The summed E-state index contributed by atoms with van der Waals surface area (Å²) in [5.41, 5.74) is 0.829. The van der Waals surface area contributed by atoms with Crippen molar-refractivity contribution in [2.75, 3.05) is 45.2 Å². The molecule has 3 aromatic rings. The van der Waals surface area contributed by atoms with Gasteiger partial charge in [0.15, 0.2) is 11.6 Å². The second-order valence-corrected chi connectivity index (χ2v) is 9.99. The van der Waals surface area contributed by atoms with Gasteiger partial charge in [0.25, 0.3) is 0 Å². The average Bonchev–Trinajstić information content (AvgIpc) is 3.46. The van der Waals surface area contributed by atoms with Gasteiger partial charge in [0.2, 0.25) is 5.91 Å². The highest BCUT2D eigenvalue weighted by Crippen LogP contribution is 2.23. The highest BCUT2D eigenvalue weighted by Gasteiger charge is 2.25. The smallest absolute Gasteiger partial charge is 0.412 e. The van der Waals surface area contributed by atoms with E-state index in [1.54, 1.807) is 17.0 Å². The number of likely N-dealkylation sites (N-methyl/N-ethyl adjacent to an activating group) is 1. The minimum Gasteiger partial charge on any atom is -0.447 e. The van der Waals surface area contributed by atoms with Gasteiger partial charge in [-0.15, -0.1) is 0 Å². The molecule has 11 nitrogen and oxygen atoms in total. The number of aromatic nitrogens is 1. The van der Waals surface area contributed by atoms with Crippen LogP contribution in [0.2, 0.25) is 5.02 Å². The van der Waals surface area contributed by atoms with Crippen LogP contribution < -0.4 is 16.0 Å². The first-order chi connectivity index (χ1) is 20.2. The van der Waals surface area contributed by atoms with Crippen LogP contribution in [0.3, 0.4) is 0 Å². The number of halogens is 3. The van der Waals surface area contributed by atoms with Crippen LogP contribution in [0, 0.1) is 11.6 Å². The summed E-state index contributed by atoms with van der Waals surface area (Å²) < 4.78 is 37.9. The Labute approximate surface area is 246 Å². The van der Waals surface area contributed by atoms with Crippen LogP contribution in [-0.4, -0.2) is 78.9 Å². The molecule has 2 aromatic carbocycles. The molecule has 0 radical (unpaired) electrons. The number of nitrogens with one attached hydrogen (secondary N) is 3. The molecular formula is C28H31ClF2N6O5. The van der Waals surface area contributed by atoms with Gasteiger partial charge in [-0.25, -0.2) is 18.4 Å². The number of hydrogen-bond donors (Lipinski definition) is 3. The third-order valence-corrected chi connectivity index (χ3v) is 7.17. The molecular weight excluding hydrogens is 574 g/mol. The zero-order valence-corrected chi connectivity index (χ0v) is 23.6. The number of piperazine rings is 1. The van der Waals surface area contributed by atoms with E-state index >= 15 is 0 Å². The van der Waals surface area contributed by atoms with Crippen LogP contribution in [0.4, 0.5) is 24.2 Å². The Balaban J connectivity index is 1.36. The van der Waals surface area contributed by atoms with E-state index < -0.39 is 29.8 Å². The first kappa shape index (κ1) is 30.7. The molecule has 0 spiro atoms. The highest BCUT2D eigenvalue weighted by atomic mass is 35.5. The Morgan fingerprint density at radius 1 is 1.17 bits per heavy atom. The molecule has 1 saturated heterocycles. The quantitative estimate of drug-likeness (QED) is 0.316. The summed E-state index contributed by atoms with van der Waals surface area (Å²) in [7, 11) is 1.51. The minimum absolute atomic E-state index is 0.0344. The number of anilines is 1. The lowest BCUT2D eigenvalue weighted by atomic mass is 10.1. The normalized spacial score (nSPS) is 13.8. The van der Waals surface area contributed by atoms with Gasteiger partial charge >= 0.3 is 12.1 Å². The molecule has 224 valence electrons. The number of nitrogens with zero attached hydrogens (tertiary/aromatic N) is 3. The minimum atomic E-state index is -0.868. The van der Waals surface area contributed by atoms with Crippen LogP contribution in [0.25, 0.3) is 11.3 Å². The molecule has 4 rings (SSSR count). The van der Waals surface area contributed by atoms with Crippen molar-refractivity contribution in [2.45, 2.75) is 25.4 Å². The molecule has 0 unspecified atom stereocenters. The summed E-state index contributed by atoms with van der Waals surface area (Å²) in [6.07, 6.45) is -0.523. The summed E-state index contributed by atoms with van der Waals surface area (Å²) in [4.78, 5) is 41.3. The standard InChI is InChI=1S/C28H31ClF2N6O5/c1-36(27(39)33-16-19-5-3-7-22(31)26(19)29)21(8-9-25(38)37-12-10-32-11-13-37)17-41-28(40)34-24-15-23(42-35-24)18-4-2-6-20(30)14-18/h2-7,14-15,21,32H,8-13,16-17H2,1H3,(H,33,39)(H,34,35,40)/t21-/m0/s1. The lowest BCUT2D eigenvalue weighted by Gasteiger charge is -2.30. The molecule has 0 saturated carbocycles. The molecule has 4 amide bonds. The van der Waals surface area contributed by atoms with Gasteiger partial charge in [0.05, 0.1) is 11.1 Å². The number of carbonyl (C=O) groups excluding carboxylic acids is 3. The predicted molar refractivity (Wildman–Crippen MR) is 151 cm³/mol. The van der Waals surface area contributed by atoms with Crippen molar-refractivity contribution < 1.29 is 32.4 Å². The molecule has 1 aliphatic heterocycles. The maximum Gasteiger partial charge on any atom is 0.412 e. The Morgan fingerprint density at radius 2 is 1.93 bits per heavy atom. The van der Waals surface area contributed by atoms with E-state index in [4.69, 9.17) is 20.9 Å². The number of carbonyl (C=O) groups is 3. The molecule has 0 bridgehead atoms. The van der Waals surface area contributed by atoms with Crippen LogP contribution in [0.5, 0.6) is 0 Å². The molecule has 1 aromatic heterocycles. The maximum absolute atomic E-state index is 13.8. The first-order valence-corrected chi connectivity index (χ1v) is 13.7. The van der Waals surface area contributed by atoms with Gasteiger partial charge in [-0.3, -0.25) is 10.1 Å². The Kier molecular flexibility index (Phi) is 10.7. The SMILES string of the molecule is CN(C(=O)NCc1cccc(F)c1Cl)[C@@H](CCC(=O)N1CCNCC1)COC(=O)Nc1cc(-c2cccc(F)c2)on1. The molecule has 3 N–H and O–H groups in total. The molecule has 1 fully saturated rings. The lowest BCUT2D eigenvalue weighted by molar-refractivity contribution is -0.132. The van der Waals surface area contributed by atoms with E-state index in [0.717, 1.165) is 0 Å². The van der Waals surface area contributed by atoms with Crippen molar-refractivity contribution in [3.63, 3.8) is 0 Å². The van der Waals surface area contributed by atoms with Crippen molar-refractivity contribution in [1.82, 2.24) is 25.6 Å². The second-order valence-electron chi connectivity index (χ2n) is 9.62. The number of hydrogen-bond acceptors (Lipinski definition) is 7. The number of benzene rings is 2. The van der Waals surface area contributed by atoms with Crippen LogP contribution in [0.1, 0.15) is 18.4 Å². The van der Waals surface area contributed by atoms with Crippen LogP contribution in [-0.2, 0) is 16.1 Å². The van der Waals surface area contributed by atoms with Gasteiger partial charge in [-0.05, 0) is 30.2 Å². The van der Waals surface area contributed by atoms with Crippen LogP contribution in [0.15, 0.2) is 53.1 Å². The van der Waals surface area contributed by atoms with Gasteiger partial charge in [0, 0.05) is 57.8 Å². The summed E-state index contributed by atoms with van der Waals surface area (Å²) in [5, 5.41) is 12.0. The molecule has 0 aliphatic carbocycles. The summed E-state index contributed by atoms with van der Waals surface area (Å²) in [6, 6.07) is 10.2. The summed E-state index contributed by atoms with van der Waals surface area (Å²) in [5.74, 6) is -0.840. The van der Waals surface area contributed by atoms with Crippen molar-refractivity contribution in [1.29, 1.82) is 0 Å². The van der Waals surface area contributed by atoms with Gasteiger partial charge in [-0.2, -0.15) is 0 Å². The van der Waals surface area contributed by atoms with Gasteiger partial charge in [-0.1, -0.05) is 41.0 Å². The van der Waals surface area contributed by atoms with E-state index in [2.05, 4.69) is 21.1 Å². The Bertz CT molecular complexity index is 1400. The first-order valence-electron chi connectivity index (χ1n) is 13.3. The van der Waals surface area contributed by atoms with Crippen molar-refractivity contribution in [2.24, 2.45) is 0 Å². The lowest BCUT2D eigenvalue weighted by Crippen LogP contribution is -2.48. The molecule has 42 heavy (non-hydrogen) atoms. The number of ether oxygens (including phenoxy) is 1. The number of rotatable bonds is 10. The van der Waals surface area contributed by atoms with Gasteiger partial charge in [0.1, 0.15) is 18.2 Å². The zero-order valence-electron chi connectivity index (χ0n) is 22.9. The fraction of sp³-hybridized carbons (Fsp3) is 0.357. The molecule has 1 aliphatic rings. The maximum atomic E-state index is 13.8. The van der Waals surface area contributed by atoms with Gasteiger partial charge < -0.3 is 29.7 Å². The van der Waals surface area contributed by atoms with Crippen LogP contribution >= 0.6 is 11.6 Å². The van der Waals surface area contributed by atoms with E-state index in [1.807, 2.05) is 0 Å². The molecule has 2 heterocycles. The second kappa shape index (κ2) is 14.6. The van der Waals surface area contributed by atoms with Crippen molar-refractivity contribution >= 4 is 35.5 Å². The Hall–Kier alpha value is -4.23. The fourth-order valence-corrected chi connectivity index (χ4v) is 4.51. The van der Waals surface area contributed by atoms with Crippen molar-refractivity contribution in [3.05, 3.63) is 70.8 Å². The average molecular weight is 605 g/mol. The number of urea groups is 1. The zero-order chi connectivity index (χ0) is 30.1. The highest BCUT2D eigenvalue weighted by molar-refractivity contribution is 6.31. The fourth-order valence-electron chi connectivity index (χ4n) is 4.32. The molecule has 14 heteroatoms. The van der Waals surface area contributed by atoms with E-state index in [1.165, 1.54) is 48.3 Å². The third-order valence-electron chi connectivity index (χ3n) is 6.75. The van der Waals surface area contributed by atoms with E-state index in [0.29, 0.717) is 37.3 Å². The predicted octanol–water partition coefficient (Wildman–Crippen LogP) is 4.24. The Morgan fingerprint density at radius 3 is 2.69 bits per heavy atom.